The average Bonchev–Trinajstić information content (AvgIpc) is 3.38. The van der Waals surface area contributed by atoms with Gasteiger partial charge in [-0.15, -0.1) is 5.10 Å². The monoisotopic (exact) mass is 575 g/mol. The first kappa shape index (κ1) is 29.1. The maximum atomic E-state index is 14.0. The molecule has 11 heteroatoms. The van der Waals surface area contributed by atoms with Gasteiger partial charge in [-0.3, -0.25) is 9.69 Å². The van der Waals surface area contributed by atoms with Gasteiger partial charge in [0.2, 0.25) is 5.95 Å². The van der Waals surface area contributed by atoms with Crippen LogP contribution in [0.5, 0.6) is 0 Å². The fourth-order valence-corrected chi connectivity index (χ4v) is 4.68. The number of aromatic nitrogens is 3. The number of halogens is 3. The topological polar surface area (TPSA) is 69.0 Å². The Balaban J connectivity index is 1.33. The Kier molecular flexibility index (Phi) is 8.20. The van der Waals surface area contributed by atoms with E-state index < -0.39 is 17.6 Å². The summed E-state index contributed by atoms with van der Waals surface area (Å²) in [5.74, 6) is 6.28. The molecule has 2 aromatic heterocycles. The van der Waals surface area contributed by atoms with Gasteiger partial charge in [0.15, 0.2) is 5.65 Å². The molecule has 0 bridgehead atoms. The Morgan fingerprint density at radius 2 is 1.79 bits per heavy atom. The second-order valence-corrected chi connectivity index (χ2v) is 10.7. The smallest absolute Gasteiger partial charge is 0.346 e. The molecule has 5 rings (SSSR count). The molecule has 0 radical (unpaired) electrons. The largest absolute Gasteiger partial charge is 0.416 e. The molecule has 42 heavy (non-hydrogen) atoms. The second-order valence-electron chi connectivity index (χ2n) is 10.7. The van der Waals surface area contributed by atoms with E-state index in [1.165, 1.54) is 12.1 Å². The predicted octanol–water partition coefficient (Wildman–Crippen LogP) is 4.52. The zero-order valence-electron chi connectivity index (χ0n) is 24.0. The van der Waals surface area contributed by atoms with Crippen molar-refractivity contribution in [1.82, 2.24) is 24.4 Å². The number of anilines is 2. The van der Waals surface area contributed by atoms with E-state index in [1.807, 2.05) is 50.0 Å². The molecule has 0 atom stereocenters. The fourth-order valence-electron chi connectivity index (χ4n) is 4.68. The van der Waals surface area contributed by atoms with E-state index in [2.05, 4.69) is 32.1 Å². The molecule has 1 aliphatic heterocycles. The van der Waals surface area contributed by atoms with Crippen molar-refractivity contribution in [1.29, 1.82) is 0 Å². The molecule has 1 saturated heterocycles. The van der Waals surface area contributed by atoms with Crippen LogP contribution in [-0.2, 0) is 12.7 Å². The minimum absolute atomic E-state index is 0.0846. The average molecular weight is 576 g/mol. The molecule has 8 nitrogen and oxygen atoms in total. The summed E-state index contributed by atoms with van der Waals surface area (Å²) < 4.78 is 43.6. The van der Waals surface area contributed by atoms with Gasteiger partial charge in [-0.05, 0) is 61.5 Å². The normalized spacial score (nSPS) is 14.5. The Morgan fingerprint density at radius 3 is 2.50 bits per heavy atom. The molecule has 218 valence electrons. The van der Waals surface area contributed by atoms with Crippen LogP contribution in [-0.4, -0.2) is 77.6 Å². The molecule has 0 saturated carbocycles. The van der Waals surface area contributed by atoms with E-state index in [4.69, 9.17) is 0 Å². The van der Waals surface area contributed by atoms with Crippen molar-refractivity contribution in [2.45, 2.75) is 19.6 Å². The lowest BCUT2D eigenvalue weighted by Crippen LogP contribution is -2.44. The van der Waals surface area contributed by atoms with E-state index in [1.54, 1.807) is 28.9 Å². The van der Waals surface area contributed by atoms with Gasteiger partial charge in [0, 0.05) is 75.4 Å². The van der Waals surface area contributed by atoms with Crippen molar-refractivity contribution in [3.8, 4) is 11.8 Å². The molecule has 0 aliphatic carbocycles. The van der Waals surface area contributed by atoms with Gasteiger partial charge in [-0.25, -0.2) is 4.52 Å². The number of benzene rings is 2. The third-order valence-corrected chi connectivity index (χ3v) is 7.23. The summed E-state index contributed by atoms with van der Waals surface area (Å²) in [6.45, 7) is 5.12. The van der Waals surface area contributed by atoms with Crippen LogP contribution >= 0.6 is 0 Å². The molecule has 1 aliphatic rings. The standard InChI is InChI=1S/C31H32F3N7O/c1-21-5-7-24(18-23(21)8-6-22-11-12-41-28(17-22)36-30(37-41)38(2)3)29(42)35-26-10-9-25(27(19-26)31(32,33)34)20-40-15-13-39(4)14-16-40/h5,7,9-12,17-19H,13-16,20H2,1-4H3,(H,35,42). The number of carbonyl (C=O) groups excluding carboxylic acids is 1. The van der Waals surface area contributed by atoms with Gasteiger partial charge in [-0.2, -0.15) is 18.2 Å². The lowest BCUT2D eigenvalue weighted by Gasteiger charge is -2.33. The minimum atomic E-state index is -4.54. The fraction of sp³-hybridized carbons (Fsp3) is 0.323. The van der Waals surface area contributed by atoms with Crippen molar-refractivity contribution in [3.05, 3.63) is 88.1 Å². The summed E-state index contributed by atoms with van der Waals surface area (Å²) in [5, 5.41) is 7.01. The number of fused-ring (bicyclic) bond motifs is 1. The number of likely N-dealkylation sites (N-methyl/N-ethyl adjacent to an activating group) is 1. The van der Waals surface area contributed by atoms with E-state index >= 15 is 0 Å². The van der Waals surface area contributed by atoms with Crippen molar-refractivity contribution in [2.75, 3.05) is 57.5 Å². The third kappa shape index (κ3) is 6.73. The molecule has 1 N–H and O–H groups in total. The Hall–Kier alpha value is -4.40. The van der Waals surface area contributed by atoms with Crippen molar-refractivity contribution < 1.29 is 18.0 Å². The highest BCUT2D eigenvalue weighted by Gasteiger charge is 2.34. The van der Waals surface area contributed by atoms with Crippen LogP contribution in [0, 0.1) is 18.8 Å². The first-order valence-electron chi connectivity index (χ1n) is 13.5. The highest BCUT2D eigenvalue weighted by molar-refractivity contribution is 6.04. The molecule has 0 spiro atoms. The van der Waals surface area contributed by atoms with Gasteiger partial charge in [-0.1, -0.05) is 24.0 Å². The van der Waals surface area contributed by atoms with E-state index in [9.17, 15) is 18.0 Å². The maximum Gasteiger partial charge on any atom is 0.416 e. The zero-order valence-corrected chi connectivity index (χ0v) is 24.0. The number of aryl methyl sites for hydroxylation is 1. The van der Waals surface area contributed by atoms with Crippen LogP contribution < -0.4 is 10.2 Å². The first-order valence-corrected chi connectivity index (χ1v) is 13.5. The van der Waals surface area contributed by atoms with Crippen LogP contribution in [0.1, 0.15) is 38.2 Å². The molecule has 3 heterocycles. The number of nitrogens with one attached hydrogen (secondary N) is 1. The van der Waals surface area contributed by atoms with Gasteiger partial charge in [0.1, 0.15) is 0 Å². The Labute approximate surface area is 242 Å². The van der Waals surface area contributed by atoms with E-state index in [-0.39, 0.29) is 17.8 Å². The number of alkyl halides is 3. The Morgan fingerprint density at radius 1 is 1.02 bits per heavy atom. The number of carbonyl (C=O) groups is 1. The summed E-state index contributed by atoms with van der Waals surface area (Å²) in [6, 6.07) is 12.7. The number of nitrogens with zero attached hydrogens (tertiary/aromatic N) is 6. The molecule has 4 aromatic rings. The number of pyridine rings is 1. The van der Waals surface area contributed by atoms with E-state index in [0.717, 1.165) is 30.3 Å². The number of piperazine rings is 1. The summed E-state index contributed by atoms with van der Waals surface area (Å²) in [4.78, 5) is 23.5. The lowest BCUT2D eigenvalue weighted by atomic mass is 10.0. The molecular formula is C31H32F3N7O. The summed E-state index contributed by atoms with van der Waals surface area (Å²) in [5.41, 5.74) is 2.72. The van der Waals surface area contributed by atoms with Gasteiger partial charge in [0.25, 0.3) is 5.91 Å². The molecule has 1 fully saturated rings. The van der Waals surface area contributed by atoms with Crippen LogP contribution in [0.15, 0.2) is 54.7 Å². The third-order valence-electron chi connectivity index (χ3n) is 7.23. The van der Waals surface area contributed by atoms with E-state index in [0.29, 0.717) is 35.8 Å². The van der Waals surface area contributed by atoms with Crippen molar-refractivity contribution in [2.24, 2.45) is 0 Å². The summed E-state index contributed by atoms with van der Waals surface area (Å²) in [7, 11) is 5.72. The Bertz CT molecular complexity index is 1680. The number of rotatable bonds is 5. The number of amides is 1. The molecule has 1 amide bonds. The van der Waals surface area contributed by atoms with Gasteiger partial charge in [0.05, 0.1) is 5.56 Å². The number of hydrogen-bond donors (Lipinski definition) is 1. The summed E-state index contributed by atoms with van der Waals surface area (Å²) >= 11 is 0. The summed E-state index contributed by atoms with van der Waals surface area (Å²) in [6.07, 6.45) is -2.76. The SMILES string of the molecule is Cc1ccc(C(=O)Nc2ccc(CN3CCN(C)CC3)c(C(F)(F)F)c2)cc1C#Cc1ccn2nc(N(C)C)nc2c1. The van der Waals surface area contributed by atoms with Crippen LogP contribution in [0.4, 0.5) is 24.8 Å². The zero-order chi connectivity index (χ0) is 30.0. The molecule has 2 aromatic carbocycles. The number of hydrogen-bond acceptors (Lipinski definition) is 6. The molecule has 0 unspecified atom stereocenters. The highest BCUT2D eigenvalue weighted by atomic mass is 19.4. The molecular weight excluding hydrogens is 543 g/mol. The van der Waals surface area contributed by atoms with Gasteiger partial charge < -0.3 is 15.1 Å². The van der Waals surface area contributed by atoms with Crippen molar-refractivity contribution >= 4 is 23.2 Å². The van der Waals surface area contributed by atoms with Crippen molar-refractivity contribution in [3.63, 3.8) is 0 Å². The first-order chi connectivity index (χ1) is 20.0. The predicted molar refractivity (Wildman–Crippen MR) is 157 cm³/mol. The van der Waals surface area contributed by atoms with Crippen LogP contribution in [0.25, 0.3) is 5.65 Å². The van der Waals surface area contributed by atoms with Crippen LogP contribution in [0.2, 0.25) is 0 Å². The van der Waals surface area contributed by atoms with Gasteiger partial charge >= 0.3 is 6.18 Å². The quantitative estimate of drug-likeness (QED) is 0.353. The minimum Gasteiger partial charge on any atom is -0.346 e. The van der Waals surface area contributed by atoms with Crippen LogP contribution in [0.3, 0.4) is 0 Å². The lowest BCUT2D eigenvalue weighted by molar-refractivity contribution is -0.138. The second kappa shape index (κ2) is 11.8. The highest BCUT2D eigenvalue weighted by Crippen LogP contribution is 2.34. The maximum absolute atomic E-state index is 14.0.